The van der Waals surface area contributed by atoms with Crippen molar-refractivity contribution in [2.45, 2.75) is 45.2 Å². The Kier molecular flexibility index (Phi) is 3.23. The molecule has 0 bridgehead atoms. The summed E-state index contributed by atoms with van der Waals surface area (Å²) in [7, 11) is 0. The summed E-state index contributed by atoms with van der Waals surface area (Å²) in [6, 6.07) is -0.0668. The van der Waals surface area contributed by atoms with Crippen LogP contribution < -0.4 is 11.1 Å². The van der Waals surface area contributed by atoms with E-state index in [0.717, 1.165) is 23.5 Å². The predicted octanol–water partition coefficient (Wildman–Crippen LogP) is 1.76. The maximum atomic E-state index is 12.1. The normalized spacial score (nSPS) is 20.7. The summed E-state index contributed by atoms with van der Waals surface area (Å²) in [5.74, 6) is 0.271. The third-order valence-electron chi connectivity index (χ3n) is 3.27. The Labute approximate surface area is 106 Å². The number of aromatic nitrogens is 1. The molecular weight excluding hydrogens is 234 g/mol. The molecule has 1 amide bonds. The summed E-state index contributed by atoms with van der Waals surface area (Å²) in [5.41, 5.74) is 6.32. The van der Waals surface area contributed by atoms with Gasteiger partial charge in [-0.2, -0.15) is 0 Å². The van der Waals surface area contributed by atoms with E-state index in [1.807, 2.05) is 26.2 Å². The van der Waals surface area contributed by atoms with Crippen molar-refractivity contribution in [1.82, 2.24) is 10.3 Å². The van der Waals surface area contributed by atoms with Crippen molar-refractivity contribution in [2.24, 2.45) is 11.7 Å². The van der Waals surface area contributed by atoms with Gasteiger partial charge >= 0.3 is 0 Å². The number of rotatable bonds is 4. The number of carbonyl (C=O) groups is 1. The number of carbonyl (C=O) groups excluding carboxylic acids is 1. The number of nitrogens with zero attached hydrogens (tertiary/aromatic N) is 1. The molecule has 0 radical (unpaired) electrons. The highest BCUT2D eigenvalue weighted by Gasteiger charge is 2.44. The molecule has 0 aliphatic heterocycles. The number of hydrogen-bond donors (Lipinski definition) is 2. The summed E-state index contributed by atoms with van der Waals surface area (Å²) in [5, 5.41) is 5.87. The first-order valence-corrected chi connectivity index (χ1v) is 6.81. The van der Waals surface area contributed by atoms with Crippen LogP contribution in [0.25, 0.3) is 0 Å². The molecule has 0 spiro atoms. The SMILES string of the molecule is Cc1csc(C(C)NC(=O)C(C)(N)C2CC2)n1. The van der Waals surface area contributed by atoms with Gasteiger partial charge < -0.3 is 11.1 Å². The lowest BCUT2D eigenvalue weighted by Gasteiger charge is -2.25. The highest BCUT2D eigenvalue weighted by Crippen LogP contribution is 2.38. The summed E-state index contributed by atoms with van der Waals surface area (Å²) in [6.45, 7) is 5.71. The zero-order valence-corrected chi connectivity index (χ0v) is 11.3. The van der Waals surface area contributed by atoms with Gasteiger partial charge in [0.15, 0.2) is 0 Å². The average molecular weight is 253 g/mol. The van der Waals surface area contributed by atoms with Crippen molar-refractivity contribution < 1.29 is 4.79 Å². The van der Waals surface area contributed by atoms with Gasteiger partial charge in [-0.3, -0.25) is 4.79 Å². The molecule has 2 unspecified atom stereocenters. The van der Waals surface area contributed by atoms with E-state index in [1.165, 1.54) is 0 Å². The van der Waals surface area contributed by atoms with Crippen molar-refractivity contribution in [3.63, 3.8) is 0 Å². The van der Waals surface area contributed by atoms with Crippen LogP contribution in [0.2, 0.25) is 0 Å². The lowest BCUT2D eigenvalue weighted by molar-refractivity contribution is -0.127. The van der Waals surface area contributed by atoms with Crippen LogP contribution in [-0.2, 0) is 4.79 Å². The zero-order valence-electron chi connectivity index (χ0n) is 10.5. The van der Waals surface area contributed by atoms with Gasteiger partial charge in [0.25, 0.3) is 0 Å². The number of nitrogens with two attached hydrogens (primary N) is 1. The first kappa shape index (κ1) is 12.5. The van der Waals surface area contributed by atoms with Gasteiger partial charge in [0.1, 0.15) is 5.01 Å². The van der Waals surface area contributed by atoms with Crippen LogP contribution in [0.4, 0.5) is 0 Å². The van der Waals surface area contributed by atoms with Gasteiger partial charge in [-0.15, -0.1) is 11.3 Å². The maximum absolute atomic E-state index is 12.1. The molecular formula is C12H19N3OS. The Bertz CT molecular complexity index is 423. The van der Waals surface area contributed by atoms with Gasteiger partial charge in [-0.25, -0.2) is 4.98 Å². The molecule has 94 valence electrons. The van der Waals surface area contributed by atoms with E-state index in [1.54, 1.807) is 11.3 Å². The second-order valence-corrected chi connectivity index (χ2v) is 5.97. The van der Waals surface area contributed by atoms with E-state index < -0.39 is 5.54 Å². The third kappa shape index (κ3) is 2.66. The molecule has 1 aromatic heterocycles. The fourth-order valence-electron chi connectivity index (χ4n) is 1.85. The molecule has 2 atom stereocenters. The second kappa shape index (κ2) is 4.38. The fourth-order valence-corrected chi connectivity index (χ4v) is 2.66. The number of amides is 1. The van der Waals surface area contributed by atoms with Crippen molar-refractivity contribution in [1.29, 1.82) is 0 Å². The van der Waals surface area contributed by atoms with E-state index in [4.69, 9.17) is 5.73 Å². The third-order valence-corrected chi connectivity index (χ3v) is 4.41. The molecule has 1 aliphatic rings. The number of nitrogens with one attached hydrogen (secondary N) is 1. The fraction of sp³-hybridized carbons (Fsp3) is 0.667. The lowest BCUT2D eigenvalue weighted by atomic mass is 9.96. The van der Waals surface area contributed by atoms with Crippen molar-refractivity contribution in [3.8, 4) is 0 Å². The van der Waals surface area contributed by atoms with E-state index in [0.29, 0.717) is 5.92 Å². The Balaban J connectivity index is 1.98. The first-order valence-electron chi connectivity index (χ1n) is 5.93. The highest BCUT2D eigenvalue weighted by molar-refractivity contribution is 7.09. The van der Waals surface area contributed by atoms with Gasteiger partial charge in [0, 0.05) is 11.1 Å². The Morgan fingerprint density at radius 3 is 2.82 bits per heavy atom. The molecule has 1 heterocycles. The second-order valence-electron chi connectivity index (χ2n) is 5.08. The smallest absolute Gasteiger partial charge is 0.240 e. The Morgan fingerprint density at radius 2 is 2.35 bits per heavy atom. The van der Waals surface area contributed by atoms with Crippen LogP contribution >= 0.6 is 11.3 Å². The van der Waals surface area contributed by atoms with Crippen LogP contribution in [0.3, 0.4) is 0 Å². The average Bonchev–Trinajstić information content (AvgIpc) is 3.02. The van der Waals surface area contributed by atoms with Crippen molar-refractivity contribution in [3.05, 3.63) is 16.1 Å². The number of hydrogen-bond acceptors (Lipinski definition) is 4. The van der Waals surface area contributed by atoms with Gasteiger partial charge in [0.05, 0.1) is 11.6 Å². The van der Waals surface area contributed by atoms with E-state index in [2.05, 4.69) is 10.3 Å². The summed E-state index contributed by atoms with van der Waals surface area (Å²) in [6.07, 6.45) is 2.12. The van der Waals surface area contributed by atoms with Gasteiger partial charge in [0.2, 0.25) is 5.91 Å². The molecule has 4 nitrogen and oxygen atoms in total. The molecule has 0 aromatic carbocycles. The zero-order chi connectivity index (χ0) is 12.6. The standard InChI is InChI=1S/C12H19N3OS/c1-7-6-17-10(14-7)8(2)15-11(16)12(3,13)9-4-5-9/h6,8-9H,4-5,13H2,1-3H3,(H,15,16). The minimum absolute atomic E-state index is 0.0668. The van der Waals surface area contributed by atoms with E-state index >= 15 is 0 Å². The van der Waals surface area contributed by atoms with Gasteiger partial charge in [-0.05, 0) is 39.5 Å². The van der Waals surface area contributed by atoms with Crippen LogP contribution in [0.5, 0.6) is 0 Å². The van der Waals surface area contributed by atoms with Crippen LogP contribution in [0.1, 0.15) is 43.4 Å². The monoisotopic (exact) mass is 253 g/mol. The first-order chi connectivity index (χ1) is 7.91. The molecule has 5 heteroatoms. The number of thiazole rings is 1. The Hall–Kier alpha value is -0.940. The summed E-state index contributed by atoms with van der Waals surface area (Å²) < 4.78 is 0. The van der Waals surface area contributed by atoms with Crippen molar-refractivity contribution in [2.75, 3.05) is 0 Å². The minimum atomic E-state index is -0.736. The molecule has 1 fully saturated rings. The highest BCUT2D eigenvalue weighted by atomic mass is 32.1. The van der Waals surface area contributed by atoms with Crippen LogP contribution in [0, 0.1) is 12.8 Å². The maximum Gasteiger partial charge on any atom is 0.240 e. The minimum Gasteiger partial charge on any atom is -0.346 e. The summed E-state index contributed by atoms with van der Waals surface area (Å²) in [4.78, 5) is 16.4. The van der Waals surface area contributed by atoms with E-state index in [9.17, 15) is 4.79 Å². The van der Waals surface area contributed by atoms with Crippen LogP contribution in [-0.4, -0.2) is 16.4 Å². The Morgan fingerprint density at radius 1 is 1.71 bits per heavy atom. The molecule has 3 N–H and O–H groups in total. The quantitative estimate of drug-likeness (QED) is 0.859. The molecule has 2 rings (SSSR count). The largest absolute Gasteiger partial charge is 0.346 e. The molecule has 17 heavy (non-hydrogen) atoms. The topological polar surface area (TPSA) is 68.0 Å². The van der Waals surface area contributed by atoms with Crippen LogP contribution in [0.15, 0.2) is 5.38 Å². The molecule has 1 saturated carbocycles. The number of aryl methyl sites for hydroxylation is 1. The molecule has 1 aliphatic carbocycles. The lowest BCUT2D eigenvalue weighted by Crippen LogP contribution is -2.53. The molecule has 0 saturated heterocycles. The van der Waals surface area contributed by atoms with E-state index in [-0.39, 0.29) is 11.9 Å². The predicted molar refractivity (Wildman–Crippen MR) is 68.7 cm³/mol. The summed E-state index contributed by atoms with van der Waals surface area (Å²) >= 11 is 1.57. The van der Waals surface area contributed by atoms with Gasteiger partial charge in [-0.1, -0.05) is 0 Å². The molecule has 1 aromatic rings. The van der Waals surface area contributed by atoms with Crippen molar-refractivity contribution >= 4 is 17.2 Å².